The van der Waals surface area contributed by atoms with Gasteiger partial charge in [0.1, 0.15) is 0 Å². The van der Waals surface area contributed by atoms with Crippen molar-refractivity contribution in [2.24, 2.45) is 11.7 Å². The molecule has 0 aromatic heterocycles. The van der Waals surface area contributed by atoms with Crippen molar-refractivity contribution in [3.8, 4) is 0 Å². The summed E-state index contributed by atoms with van der Waals surface area (Å²) in [7, 11) is 0. The van der Waals surface area contributed by atoms with Crippen LogP contribution in [0, 0.1) is 5.92 Å². The Balaban J connectivity index is 3.16. The number of aliphatic hydroxyl groups is 1. The Morgan fingerprint density at radius 3 is 2.33 bits per heavy atom. The van der Waals surface area contributed by atoms with Crippen molar-refractivity contribution in [2.45, 2.75) is 32.8 Å². The molecule has 0 spiro atoms. The molecule has 0 bridgehead atoms. The summed E-state index contributed by atoms with van der Waals surface area (Å²) in [5, 5.41) is 9.20. The molecule has 1 atom stereocenters. The van der Waals surface area contributed by atoms with E-state index in [-0.39, 0.29) is 6.10 Å². The molecule has 56 valence electrons. The van der Waals surface area contributed by atoms with Gasteiger partial charge in [0.05, 0.1) is 6.10 Å². The molecule has 0 aromatic rings. The van der Waals surface area contributed by atoms with Gasteiger partial charge < -0.3 is 10.8 Å². The van der Waals surface area contributed by atoms with E-state index >= 15 is 0 Å². The fraction of sp³-hybridized carbons (Fsp3) is 1.00. The maximum Gasteiger partial charge on any atom is 0.0563 e. The lowest BCUT2D eigenvalue weighted by Crippen LogP contribution is -2.15. The van der Waals surface area contributed by atoms with E-state index in [1.165, 1.54) is 0 Å². The van der Waals surface area contributed by atoms with Crippen LogP contribution in [0.3, 0.4) is 0 Å². The lowest BCUT2D eigenvalue weighted by Gasteiger charge is -2.12. The van der Waals surface area contributed by atoms with Gasteiger partial charge in [-0.2, -0.15) is 0 Å². The van der Waals surface area contributed by atoms with Gasteiger partial charge in [0, 0.05) is 0 Å². The van der Waals surface area contributed by atoms with Crippen molar-refractivity contribution in [2.75, 3.05) is 6.54 Å². The first kappa shape index (κ1) is 8.92. The van der Waals surface area contributed by atoms with Crippen LogP contribution in [0.15, 0.2) is 0 Å². The SMILES string of the molecule is CC(C)C(O)CCCN. The second-order valence-electron chi connectivity index (χ2n) is 2.74. The first-order valence-corrected chi connectivity index (χ1v) is 3.56. The third kappa shape index (κ3) is 4.43. The van der Waals surface area contributed by atoms with Crippen molar-refractivity contribution >= 4 is 0 Å². The molecule has 0 saturated carbocycles. The minimum absolute atomic E-state index is 0.159. The molecule has 0 heterocycles. The highest BCUT2D eigenvalue weighted by Gasteiger charge is 2.06. The summed E-state index contributed by atoms with van der Waals surface area (Å²) >= 11 is 0. The Bertz CT molecular complexity index is 63.9. The van der Waals surface area contributed by atoms with Gasteiger partial charge in [-0.1, -0.05) is 13.8 Å². The van der Waals surface area contributed by atoms with Crippen LogP contribution in [-0.2, 0) is 0 Å². The first-order valence-electron chi connectivity index (χ1n) is 3.56. The molecule has 0 aliphatic heterocycles. The Morgan fingerprint density at radius 1 is 1.44 bits per heavy atom. The van der Waals surface area contributed by atoms with Crippen LogP contribution < -0.4 is 5.73 Å². The van der Waals surface area contributed by atoms with Gasteiger partial charge in [-0.15, -0.1) is 0 Å². The van der Waals surface area contributed by atoms with Crippen LogP contribution >= 0.6 is 0 Å². The molecule has 0 rings (SSSR count). The van der Waals surface area contributed by atoms with Crippen LogP contribution in [-0.4, -0.2) is 17.8 Å². The van der Waals surface area contributed by atoms with E-state index in [0.717, 1.165) is 12.8 Å². The van der Waals surface area contributed by atoms with Gasteiger partial charge in [-0.3, -0.25) is 0 Å². The van der Waals surface area contributed by atoms with Gasteiger partial charge in [-0.05, 0) is 25.3 Å². The summed E-state index contributed by atoms with van der Waals surface area (Å²) < 4.78 is 0. The second-order valence-corrected chi connectivity index (χ2v) is 2.74. The van der Waals surface area contributed by atoms with Gasteiger partial charge in [0.2, 0.25) is 0 Å². The largest absolute Gasteiger partial charge is 0.393 e. The molecule has 0 amide bonds. The zero-order valence-electron chi connectivity index (χ0n) is 6.30. The lowest BCUT2D eigenvalue weighted by molar-refractivity contribution is 0.114. The van der Waals surface area contributed by atoms with Crippen LogP contribution in [0.2, 0.25) is 0 Å². The minimum atomic E-state index is -0.159. The summed E-state index contributed by atoms with van der Waals surface area (Å²) in [5.41, 5.74) is 5.27. The van der Waals surface area contributed by atoms with Gasteiger partial charge in [0.15, 0.2) is 0 Å². The Morgan fingerprint density at radius 2 is 2.00 bits per heavy atom. The third-order valence-corrected chi connectivity index (χ3v) is 1.47. The minimum Gasteiger partial charge on any atom is -0.393 e. The van der Waals surface area contributed by atoms with Crippen molar-refractivity contribution in [3.63, 3.8) is 0 Å². The summed E-state index contributed by atoms with van der Waals surface area (Å²) in [5.74, 6) is 0.372. The van der Waals surface area contributed by atoms with Gasteiger partial charge in [-0.25, -0.2) is 0 Å². The molecule has 2 heteroatoms. The maximum atomic E-state index is 9.20. The van der Waals surface area contributed by atoms with E-state index in [1.807, 2.05) is 13.8 Å². The number of hydrogen-bond acceptors (Lipinski definition) is 2. The molecule has 0 aliphatic rings. The zero-order valence-corrected chi connectivity index (χ0v) is 6.30. The Labute approximate surface area is 57.1 Å². The zero-order chi connectivity index (χ0) is 7.28. The third-order valence-electron chi connectivity index (χ3n) is 1.47. The summed E-state index contributed by atoms with van der Waals surface area (Å²) in [6.45, 7) is 4.71. The highest BCUT2D eigenvalue weighted by Crippen LogP contribution is 2.06. The monoisotopic (exact) mass is 131 g/mol. The summed E-state index contributed by atoms with van der Waals surface area (Å²) in [6, 6.07) is 0. The molecular weight excluding hydrogens is 114 g/mol. The average molecular weight is 131 g/mol. The molecule has 9 heavy (non-hydrogen) atoms. The molecule has 0 aliphatic carbocycles. The Kier molecular flexibility index (Phi) is 4.72. The molecule has 0 fully saturated rings. The molecule has 0 radical (unpaired) electrons. The van der Waals surface area contributed by atoms with Crippen molar-refractivity contribution in [1.29, 1.82) is 0 Å². The van der Waals surface area contributed by atoms with E-state index in [2.05, 4.69) is 0 Å². The maximum absolute atomic E-state index is 9.20. The number of hydrogen-bond donors (Lipinski definition) is 2. The van der Waals surface area contributed by atoms with Crippen LogP contribution in [0.4, 0.5) is 0 Å². The summed E-state index contributed by atoms with van der Waals surface area (Å²) in [4.78, 5) is 0. The summed E-state index contributed by atoms with van der Waals surface area (Å²) in [6.07, 6.45) is 1.61. The van der Waals surface area contributed by atoms with Crippen LogP contribution in [0.25, 0.3) is 0 Å². The molecule has 2 nitrogen and oxygen atoms in total. The van der Waals surface area contributed by atoms with E-state index in [1.54, 1.807) is 0 Å². The number of aliphatic hydroxyl groups excluding tert-OH is 1. The number of rotatable bonds is 4. The van der Waals surface area contributed by atoms with Crippen LogP contribution in [0.1, 0.15) is 26.7 Å². The molecule has 0 aromatic carbocycles. The van der Waals surface area contributed by atoms with Crippen molar-refractivity contribution in [1.82, 2.24) is 0 Å². The fourth-order valence-electron chi connectivity index (χ4n) is 0.660. The quantitative estimate of drug-likeness (QED) is 0.591. The van der Waals surface area contributed by atoms with E-state index in [9.17, 15) is 5.11 Å². The van der Waals surface area contributed by atoms with Crippen molar-refractivity contribution in [3.05, 3.63) is 0 Å². The van der Waals surface area contributed by atoms with Gasteiger partial charge >= 0.3 is 0 Å². The molecular formula is C7H17NO. The van der Waals surface area contributed by atoms with Crippen LogP contribution in [0.5, 0.6) is 0 Å². The predicted octanol–water partition coefficient (Wildman–Crippen LogP) is 0.742. The van der Waals surface area contributed by atoms with Crippen molar-refractivity contribution < 1.29 is 5.11 Å². The van der Waals surface area contributed by atoms with E-state index in [0.29, 0.717) is 12.5 Å². The first-order chi connectivity index (χ1) is 4.18. The number of nitrogens with two attached hydrogens (primary N) is 1. The van der Waals surface area contributed by atoms with E-state index < -0.39 is 0 Å². The van der Waals surface area contributed by atoms with E-state index in [4.69, 9.17) is 5.73 Å². The Hall–Kier alpha value is -0.0800. The fourth-order valence-corrected chi connectivity index (χ4v) is 0.660. The molecule has 1 unspecified atom stereocenters. The average Bonchev–Trinajstić information content (AvgIpc) is 1.82. The standard InChI is InChI=1S/C7H17NO/c1-6(2)7(9)4-3-5-8/h6-7,9H,3-5,8H2,1-2H3. The smallest absolute Gasteiger partial charge is 0.0563 e. The van der Waals surface area contributed by atoms with Gasteiger partial charge in [0.25, 0.3) is 0 Å². The predicted molar refractivity (Wildman–Crippen MR) is 39.1 cm³/mol. The highest BCUT2D eigenvalue weighted by atomic mass is 16.3. The topological polar surface area (TPSA) is 46.2 Å². The normalized spacial score (nSPS) is 14.3. The second kappa shape index (κ2) is 4.77. The molecule has 0 saturated heterocycles. The molecule has 3 N–H and O–H groups in total. The highest BCUT2D eigenvalue weighted by molar-refractivity contribution is 4.59. The lowest BCUT2D eigenvalue weighted by atomic mass is 10.0.